The summed E-state index contributed by atoms with van der Waals surface area (Å²) >= 11 is 0. The van der Waals surface area contributed by atoms with Crippen molar-refractivity contribution in [1.82, 2.24) is 0 Å². The Morgan fingerprint density at radius 1 is 1.11 bits per heavy atom. The van der Waals surface area contributed by atoms with Gasteiger partial charge < -0.3 is 9.84 Å². The number of carbonyl (C=O) groups is 2. The van der Waals surface area contributed by atoms with Gasteiger partial charge in [-0.2, -0.15) is 0 Å². The summed E-state index contributed by atoms with van der Waals surface area (Å²) in [5, 5.41) is 8.40. The molecule has 0 aliphatic heterocycles. The van der Waals surface area contributed by atoms with Crippen molar-refractivity contribution >= 4 is 11.9 Å². The van der Waals surface area contributed by atoms with Crippen LogP contribution in [0.2, 0.25) is 0 Å². The van der Waals surface area contributed by atoms with Gasteiger partial charge in [0.2, 0.25) is 0 Å². The SMILES string of the molecule is CC(C)(C)C1CCC(OC(=O)/C=C/C(=O)O)CC1. The standard InChI is InChI=1S/C14H22O4/c1-14(2,3)10-4-6-11(7-5-10)18-13(17)9-8-12(15)16/h8-11H,4-7H2,1-3H3,(H,15,16)/b9-8+. The largest absolute Gasteiger partial charge is 0.478 e. The minimum Gasteiger partial charge on any atom is -0.478 e. The van der Waals surface area contributed by atoms with Crippen LogP contribution in [0.15, 0.2) is 12.2 Å². The van der Waals surface area contributed by atoms with Crippen molar-refractivity contribution in [3.05, 3.63) is 12.2 Å². The van der Waals surface area contributed by atoms with Gasteiger partial charge in [0.25, 0.3) is 0 Å². The van der Waals surface area contributed by atoms with Gasteiger partial charge in [0.05, 0.1) is 0 Å². The van der Waals surface area contributed by atoms with E-state index in [0.717, 1.165) is 37.8 Å². The van der Waals surface area contributed by atoms with E-state index in [1.54, 1.807) is 0 Å². The Labute approximate surface area is 108 Å². The summed E-state index contributed by atoms with van der Waals surface area (Å²) in [6.07, 6.45) is 5.58. The van der Waals surface area contributed by atoms with Crippen molar-refractivity contribution in [2.45, 2.75) is 52.6 Å². The van der Waals surface area contributed by atoms with Crippen LogP contribution in [0.25, 0.3) is 0 Å². The molecular formula is C14H22O4. The molecule has 4 heteroatoms. The molecule has 18 heavy (non-hydrogen) atoms. The Bertz CT molecular complexity index is 330. The summed E-state index contributed by atoms with van der Waals surface area (Å²) in [5.41, 5.74) is 0.304. The van der Waals surface area contributed by atoms with Gasteiger partial charge >= 0.3 is 11.9 Å². The first-order chi connectivity index (χ1) is 8.29. The van der Waals surface area contributed by atoms with Crippen molar-refractivity contribution in [3.63, 3.8) is 0 Å². The maximum atomic E-state index is 11.3. The van der Waals surface area contributed by atoms with Gasteiger partial charge in [-0.1, -0.05) is 20.8 Å². The summed E-state index contributed by atoms with van der Waals surface area (Å²) in [7, 11) is 0. The fraction of sp³-hybridized carbons (Fsp3) is 0.714. The topological polar surface area (TPSA) is 63.6 Å². The maximum Gasteiger partial charge on any atom is 0.331 e. The zero-order valence-corrected chi connectivity index (χ0v) is 11.3. The van der Waals surface area contributed by atoms with Crippen LogP contribution in [-0.2, 0) is 14.3 Å². The summed E-state index contributed by atoms with van der Waals surface area (Å²) in [4.78, 5) is 21.6. The number of aliphatic carboxylic acids is 1. The van der Waals surface area contributed by atoms with Crippen molar-refractivity contribution in [3.8, 4) is 0 Å². The second-order valence-electron chi connectivity index (χ2n) is 5.95. The zero-order valence-electron chi connectivity index (χ0n) is 11.3. The molecule has 0 aromatic carbocycles. The molecule has 4 nitrogen and oxygen atoms in total. The minimum atomic E-state index is -1.14. The van der Waals surface area contributed by atoms with Crippen LogP contribution in [0.5, 0.6) is 0 Å². The first kappa shape index (κ1) is 14.7. The highest BCUT2D eigenvalue weighted by Gasteiger charge is 2.30. The highest BCUT2D eigenvalue weighted by molar-refractivity contribution is 5.90. The first-order valence-electron chi connectivity index (χ1n) is 6.40. The van der Waals surface area contributed by atoms with Crippen LogP contribution in [0.3, 0.4) is 0 Å². The normalized spacial score (nSPS) is 25.1. The smallest absolute Gasteiger partial charge is 0.331 e. The fourth-order valence-corrected chi connectivity index (χ4v) is 2.39. The van der Waals surface area contributed by atoms with Crippen LogP contribution in [0.1, 0.15) is 46.5 Å². The van der Waals surface area contributed by atoms with Crippen LogP contribution in [0.4, 0.5) is 0 Å². The lowest BCUT2D eigenvalue weighted by Crippen LogP contribution is -2.30. The molecule has 1 fully saturated rings. The summed E-state index contributed by atoms with van der Waals surface area (Å²) in [6, 6.07) is 0. The van der Waals surface area contributed by atoms with Crippen molar-refractivity contribution in [2.24, 2.45) is 11.3 Å². The average Bonchev–Trinajstić information content (AvgIpc) is 2.26. The highest BCUT2D eigenvalue weighted by Crippen LogP contribution is 2.38. The molecule has 1 saturated carbocycles. The van der Waals surface area contributed by atoms with Gasteiger partial charge in [0.1, 0.15) is 6.10 Å². The number of carboxylic acids is 1. The number of hydrogen-bond donors (Lipinski definition) is 1. The Morgan fingerprint density at radius 2 is 1.67 bits per heavy atom. The van der Waals surface area contributed by atoms with Crippen molar-refractivity contribution in [1.29, 1.82) is 0 Å². The number of hydrogen-bond acceptors (Lipinski definition) is 3. The molecule has 102 valence electrons. The summed E-state index contributed by atoms with van der Waals surface area (Å²) in [6.45, 7) is 6.71. The van der Waals surface area contributed by atoms with E-state index in [2.05, 4.69) is 20.8 Å². The molecule has 0 amide bonds. The third kappa shape index (κ3) is 4.90. The van der Waals surface area contributed by atoms with Gasteiger partial charge in [0.15, 0.2) is 0 Å². The van der Waals surface area contributed by atoms with E-state index < -0.39 is 11.9 Å². The Balaban J connectivity index is 2.36. The summed E-state index contributed by atoms with van der Waals surface area (Å²) in [5.74, 6) is -1.03. The predicted molar refractivity (Wildman–Crippen MR) is 68.1 cm³/mol. The monoisotopic (exact) mass is 254 g/mol. The van der Waals surface area contributed by atoms with Crippen LogP contribution < -0.4 is 0 Å². The third-order valence-electron chi connectivity index (χ3n) is 3.54. The molecule has 0 aromatic rings. The van der Waals surface area contributed by atoms with Gasteiger partial charge in [-0.15, -0.1) is 0 Å². The molecule has 0 spiro atoms. The molecular weight excluding hydrogens is 232 g/mol. The van der Waals surface area contributed by atoms with E-state index in [-0.39, 0.29) is 6.10 Å². The highest BCUT2D eigenvalue weighted by atomic mass is 16.5. The lowest BCUT2D eigenvalue weighted by atomic mass is 9.72. The van der Waals surface area contributed by atoms with E-state index in [1.165, 1.54) is 0 Å². The van der Waals surface area contributed by atoms with Gasteiger partial charge in [0, 0.05) is 12.2 Å². The number of carbonyl (C=O) groups excluding carboxylic acids is 1. The third-order valence-corrected chi connectivity index (χ3v) is 3.54. The molecule has 0 atom stereocenters. The van der Waals surface area contributed by atoms with Crippen LogP contribution in [0, 0.1) is 11.3 Å². The predicted octanol–water partition coefficient (Wildman–Crippen LogP) is 2.78. The number of esters is 1. The number of ether oxygens (including phenoxy) is 1. The number of rotatable bonds is 3. The average molecular weight is 254 g/mol. The van der Waals surface area contributed by atoms with Crippen LogP contribution in [-0.4, -0.2) is 23.1 Å². The minimum absolute atomic E-state index is 0.0606. The van der Waals surface area contributed by atoms with Crippen molar-refractivity contribution in [2.75, 3.05) is 0 Å². The van der Waals surface area contributed by atoms with E-state index in [9.17, 15) is 9.59 Å². The van der Waals surface area contributed by atoms with Gasteiger partial charge in [-0.25, -0.2) is 9.59 Å². The molecule has 1 N–H and O–H groups in total. The quantitative estimate of drug-likeness (QED) is 0.621. The molecule has 0 bridgehead atoms. The van der Waals surface area contributed by atoms with Gasteiger partial charge in [-0.3, -0.25) is 0 Å². The summed E-state index contributed by atoms with van der Waals surface area (Å²) < 4.78 is 5.21. The first-order valence-corrected chi connectivity index (χ1v) is 6.40. The van der Waals surface area contributed by atoms with E-state index in [4.69, 9.17) is 9.84 Å². The fourth-order valence-electron chi connectivity index (χ4n) is 2.39. The second-order valence-corrected chi connectivity index (χ2v) is 5.95. The molecule has 0 aromatic heterocycles. The Morgan fingerprint density at radius 3 is 2.11 bits per heavy atom. The van der Waals surface area contributed by atoms with Crippen molar-refractivity contribution < 1.29 is 19.4 Å². The maximum absolute atomic E-state index is 11.3. The molecule has 1 rings (SSSR count). The Kier molecular flexibility index (Phi) is 4.93. The van der Waals surface area contributed by atoms with E-state index >= 15 is 0 Å². The molecule has 0 radical (unpaired) electrons. The molecule has 1 aliphatic rings. The molecule has 1 aliphatic carbocycles. The molecule has 0 unspecified atom stereocenters. The number of carboxylic acid groups (broad SMARTS) is 1. The lowest BCUT2D eigenvalue weighted by molar-refractivity contribution is -0.145. The van der Waals surface area contributed by atoms with Gasteiger partial charge in [-0.05, 0) is 37.0 Å². The zero-order chi connectivity index (χ0) is 13.8. The van der Waals surface area contributed by atoms with E-state index in [1.807, 2.05) is 0 Å². The Hall–Kier alpha value is -1.32. The molecule has 0 saturated heterocycles. The lowest BCUT2D eigenvalue weighted by Gasteiger charge is -2.36. The van der Waals surface area contributed by atoms with Crippen LogP contribution >= 0.6 is 0 Å². The van der Waals surface area contributed by atoms with E-state index in [0.29, 0.717) is 11.3 Å². The second kappa shape index (κ2) is 6.03. The molecule has 0 heterocycles.